The highest BCUT2D eigenvalue weighted by atomic mass is 35.5. The predicted octanol–water partition coefficient (Wildman–Crippen LogP) is 4.19. The molecule has 3 unspecified atom stereocenters. The number of carbonyl (C=O) groups excluding carboxylic acids is 1. The van der Waals surface area contributed by atoms with Crippen molar-refractivity contribution >= 4 is 23.2 Å². The van der Waals surface area contributed by atoms with Crippen LogP contribution in [0.4, 0.5) is 5.69 Å². The topological polar surface area (TPSA) is 72.2 Å². The van der Waals surface area contributed by atoms with E-state index in [0.29, 0.717) is 5.92 Å². The average Bonchev–Trinajstić information content (AvgIpc) is 2.80. The Labute approximate surface area is 140 Å². The summed E-state index contributed by atoms with van der Waals surface area (Å²) in [4.78, 5) is 23.0. The molecule has 3 rings (SSSR count). The van der Waals surface area contributed by atoms with Crippen LogP contribution in [0.3, 0.4) is 0 Å². The van der Waals surface area contributed by atoms with Gasteiger partial charge in [-0.3, -0.25) is 14.9 Å². The number of nitrogens with one attached hydrogen (secondary N) is 1. The number of fused-ring (bicyclic) bond motifs is 2. The van der Waals surface area contributed by atoms with E-state index in [0.717, 1.165) is 12.8 Å². The Morgan fingerprint density at radius 2 is 2.09 bits per heavy atom. The Morgan fingerprint density at radius 3 is 2.61 bits per heavy atom. The van der Waals surface area contributed by atoms with Crippen LogP contribution in [-0.4, -0.2) is 16.9 Å². The fourth-order valence-electron chi connectivity index (χ4n) is 4.46. The van der Waals surface area contributed by atoms with E-state index in [2.05, 4.69) is 26.1 Å². The summed E-state index contributed by atoms with van der Waals surface area (Å²) in [5.74, 6) is 0.284. The molecule has 0 radical (unpaired) electrons. The first-order valence-corrected chi connectivity index (χ1v) is 8.29. The lowest BCUT2D eigenvalue weighted by atomic mass is 9.69. The standard InChI is InChI=1S/C17H21ClN2O3/c1-16(2)10-6-7-17(16,3)14(8-10)19-15(21)12-9-11(20(22)23)4-5-13(12)18/h4-5,9-10,14H,6-8H2,1-3H3,(H,19,21). The second kappa shape index (κ2) is 5.20. The maximum absolute atomic E-state index is 12.6. The molecule has 2 saturated carbocycles. The van der Waals surface area contributed by atoms with E-state index in [1.807, 2.05) is 0 Å². The average molecular weight is 337 g/mol. The van der Waals surface area contributed by atoms with E-state index in [1.54, 1.807) is 0 Å². The summed E-state index contributed by atoms with van der Waals surface area (Å²) >= 11 is 6.07. The van der Waals surface area contributed by atoms with Crippen molar-refractivity contribution in [3.05, 3.63) is 38.9 Å². The van der Waals surface area contributed by atoms with Crippen molar-refractivity contribution in [2.75, 3.05) is 0 Å². The highest BCUT2D eigenvalue weighted by Crippen LogP contribution is 2.65. The van der Waals surface area contributed by atoms with Gasteiger partial charge in [0, 0.05) is 18.2 Å². The van der Waals surface area contributed by atoms with E-state index < -0.39 is 4.92 Å². The Balaban J connectivity index is 1.84. The van der Waals surface area contributed by atoms with Gasteiger partial charge in [0.25, 0.3) is 11.6 Å². The highest BCUT2D eigenvalue weighted by molar-refractivity contribution is 6.34. The van der Waals surface area contributed by atoms with Crippen molar-refractivity contribution in [2.24, 2.45) is 16.7 Å². The molecule has 1 aromatic carbocycles. The second-order valence-electron chi connectivity index (χ2n) is 7.56. The Bertz CT molecular complexity index is 688. The Morgan fingerprint density at radius 1 is 1.39 bits per heavy atom. The van der Waals surface area contributed by atoms with E-state index in [9.17, 15) is 14.9 Å². The molecule has 0 spiro atoms. The normalized spacial score (nSPS) is 31.1. The number of halogens is 1. The van der Waals surface area contributed by atoms with Crippen LogP contribution in [-0.2, 0) is 0 Å². The minimum atomic E-state index is -0.519. The zero-order chi connectivity index (χ0) is 17.0. The maximum Gasteiger partial charge on any atom is 0.270 e. The van der Waals surface area contributed by atoms with Gasteiger partial charge in [-0.1, -0.05) is 32.4 Å². The number of nitro groups is 1. The number of non-ortho nitro benzene ring substituents is 1. The Hall–Kier alpha value is -1.62. The Kier molecular flexibility index (Phi) is 3.67. The molecule has 124 valence electrons. The fraction of sp³-hybridized carbons (Fsp3) is 0.588. The maximum atomic E-state index is 12.6. The van der Waals surface area contributed by atoms with Crippen LogP contribution in [0.15, 0.2) is 18.2 Å². The van der Waals surface area contributed by atoms with E-state index >= 15 is 0 Å². The third-order valence-electron chi connectivity index (χ3n) is 6.50. The van der Waals surface area contributed by atoms with E-state index in [-0.39, 0.29) is 39.1 Å². The fourth-order valence-corrected chi connectivity index (χ4v) is 4.66. The van der Waals surface area contributed by atoms with Crippen LogP contribution < -0.4 is 5.32 Å². The first kappa shape index (κ1) is 16.2. The molecule has 2 fully saturated rings. The minimum Gasteiger partial charge on any atom is -0.349 e. The summed E-state index contributed by atoms with van der Waals surface area (Å²) in [5, 5.41) is 14.2. The molecule has 3 atom stereocenters. The smallest absolute Gasteiger partial charge is 0.270 e. The molecule has 0 saturated heterocycles. The molecule has 2 bridgehead atoms. The van der Waals surface area contributed by atoms with E-state index in [4.69, 9.17) is 11.6 Å². The van der Waals surface area contributed by atoms with Crippen LogP contribution in [0.2, 0.25) is 5.02 Å². The SMILES string of the molecule is CC1(C)C2CCC1(C)C(NC(=O)c1cc([N+](=O)[O-])ccc1Cl)C2. The molecule has 2 aliphatic carbocycles. The number of rotatable bonds is 3. The van der Waals surface area contributed by atoms with Crippen molar-refractivity contribution in [1.29, 1.82) is 0 Å². The van der Waals surface area contributed by atoms with Gasteiger partial charge >= 0.3 is 0 Å². The van der Waals surface area contributed by atoms with Gasteiger partial charge in [0.05, 0.1) is 15.5 Å². The third-order valence-corrected chi connectivity index (χ3v) is 6.83. The van der Waals surface area contributed by atoms with Crippen LogP contribution in [0.25, 0.3) is 0 Å². The minimum absolute atomic E-state index is 0.0561. The second-order valence-corrected chi connectivity index (χ2v) is 7.96. The summed E-state index contributed by atoms with van der Waals surface area (Å²) in [6.45, 7) is 6.79. The van der Waals surface area contributed by atoms with Crippen molar-refractivity contribution in [3.63, 3.8) is 0 Å². The van der Waals surface area contributed by atoms with Gasteiger partial charge in [0.1, 0.15) is 0 Å². The van der Waals surface area contributed by atoms with Crippen LogP contribution in [0.1, 0.15) is 50.4 Å². The quantitative estimate of drug-likeness (QED) is 0.664. The monoisotopic (exact) mass is 336 g/mol. The number of carbonyl (C=O) groups is 1. The number of amides is 1. The molecule has 5 nitrogen and oxygen atoms in total. The van der Waals surface area contributed by atoms with Gasteiger partial charge in [0.15, 0.2) is 0 Å². The summed E-state index contributed by atoms with van der Waals surface area (Å²) in [6.07, 6.45) is 3.26. The highest BCUT2D eigenvalue weighted by Gasteiger charge is 2.61. The summed E-state index contributed by atoms with van der Waals surface area (Å²) in [6, 6.07) is 4.04. The zero-order valence-corrected chi connectivity index (χ0v) is 14.3. The van der Waals surface area contributed by atoms with Crippen LogP contribution >= 0.6 is 11.6 Å². The molecular weight excluding hydrogens is 316 g/mol. The summed E-state index contributed by atoms with van der Waals surface area (Å²) in [5.41, 5.74) is 0.293. The summed E-state index contributed by atoms with van der Waals surface area (Å²) in [7, 11) is 0. The molecule has 0 heterocycles. The van der Waals surface area contributed by atoms with Crippen molar-refractivity contribution < 1.29 is 9.72 Å². The largest absolute Gasteiger partial charge is 0.349 e. The van der Waals surface area contributed by atoms with Gasteiger partial charge in [-0.25, -0.2) is 0 Å². The third kappa shape index (κ3) is 2.33. The number of hydrogen-bond acceptors (Lipinski definition) is 3. The molecule has 0 aliphatic heterocycles. The summed E-state index contributed by atoms with van der Waals surface area (Å²) < 4.78 is 0. The first-order chi connectivity index (χ1) is 10.7. The van der Waals surface area contributed by atoms with Gasteiger partial charge in [-0.15, -0.1) is 0 Å². The van der Waals surface area contributed by atoms with Crippen LogP contribution in [0, 0.1) is 26.9 Å². The predicted molar refractivity (Wildman–Crippen MR) is 88.6 cm³/mol. The number of hydrogen-bond donors (Lipinski definition) is 1. The van der Waals surface area contributed by atoms with Gasteiger partial charge in [-0.2, -0.15) is 0 Å². The van der Waals surface area contributed by atoms with Crippen LogP contribution in [0.5, 0.6) is 0 Å². The number of nitro benzene ring substituents is 1. The first-order valence-electron chi connectivity index (χ1n) is 7.91. The molecule has 0 aromatic heterocycles. The number of benzene rings is 1. The lowest BCUT2D eigenvalue weighted by molar-refractivity contribution is -0.384. The number of nitrogens with zero attached hydrogens (tertiary/aromatic N) is 1. The lowest BCUT2D eigenvalue weighted by Crippen LogP contribution is -2.46. The van der Waals surface area contributed by atoms with Crippen molar-refractivity contribution in [1.82, 2.24) is 5.32 Å². The zero-order valence-electron chi connectivity index (χ0n) is 13.6. The molecule has 2 aliphatic rings. The molecule has 23 heavy (non-hydrogen) atoms. The lowest BCUT2D eigenvalue weighted by Gasteiger charge is -2.39. The van der Waals surface area contributed by atoms with Gasteiger partial charge in [0.2, 0.25) is 0 Å². The van der Waals surface area contributed by atoms with Gasteiger partial charge < -0.3 is 5.32 Å². The molecular formula is C17H21ClN2O3. The van der Waals surface area contributed by atoms with E-state index in [1.165, 1.54) is 24.6 Å². The molecule has 1 amide bonds. The van der Waals surface area contributed by atoms with Crippen molar-refractivity contribution in [3.8, 4) is 0 Å². The van der Waals surface area contributed by atoms with Crippen molar-refractivity contribution in [2.45, 2.75) is 46.1 Å². The molecule has 1 aromatic rings. The molecule has 1 N–H and O–H groups in total. The molecule has 6 heteroatoms. The van der Waals surface area contributed by atoms with Gasteiger partial charge in [-0.05, 0) is 42.1 Å².